The molecule has 0 aliphatic heterocycles. The Hall–Kier alpha value is -0.380. The second-order valence-corrected chi connectivity index (χ2v) is 5.50. The van der Waals surface area contributed by atoms with Crippen LogP contribution in [0.2, 0.25) is 0 Å². The van der Waals surface area contributed by atoms with Crippen LogP contribution < -0.4 is 5.73 Å². The van der Waals surface area contributed by atoms with E-state index in [-0.39, 0.29) is 5.54 Å². The van der Waals surface area contributed by atoms with Gasteiger partial charge in [-0.25, -0.2) is 0 Å². The molecule has 0 amide bonds. The first kappa shape index (κ1) is 10.1. The fraction of sp³-hybridized carbons (Fsp3) is 0.636. The summed E-state index contributed by atoms with van der Waals surface area (Å²) in [5, 5.41) is 2.13. The summed E-state index contributed by atoms with van der Waals surface area (Å²) < 4.78 is 0. The molecule has 1 aromatic rings. The van der Waals surface area contributed by atoms with Crippen LogP contribution in [0.5, 0.6) is 0 Å². The first-order valence-corrected chi connectivity index (χ1v) is 6.06. The zero-order valence-electron chi connectivity index (χ0n) is 8.70. The van der Waals surface area contributed by atoms with Crippen LogP contribution in [0.3, 0.4) is 0 Å². The van der Waals surface area contributed by atoms with Gasteiger partial charge in [-0.3, -0.25) is 4.90 Å². The first-order chi connectivity index (χ1) is 6.68. The summed E-state index contributed by atoms with van der Waals surface area (Å²) in [5.41, 5.74) is 6.31. The molecule has 0 aromatic carbocycles. The Morgan fingerprint density at radius 1 is 1.57 bits per heavy atom. The highest BCUT2D eigenvalue weighted by Gasteiger charge is 2.33. The van der Waals surface area contributed by atoms with Gasteiger partial charge < -0.3 is 5.73 Å². The molecule has 0 atom stereocenters. The fourth-order valence-electron chi connectivity index (χ4n) is 2.05. The molecule has 2 N–H and O–H groups in total. The Morgan fingerprint density at radius 3 is 2.86 bits per heavy atom. The number of thiophene rings is 1. The Labute approximate surface area is 89.7 Å². The van der Waals surface area contributed by atoms with Crippen molar-refractivity contribution in [2.24, 2.45) is 5.73 Å². The maximum atomic E-state index is 6.19. The van der Waals surface area contributed by atoms with Crippen LogP contribution in [-0.4, -0.2) is 24.0 Å². The number of hydrogen-bond donors (Lipinski definition) is 1. The van der Waals surface area contributed by atoms with Gasteiger partial charge in [-0.05, 0) is 37.8 Å². The zero-order valence-corrected chi connectivity index (χ0v) is 9.52. The second kappa shape index (κ2) is 4.01. The van der Waals surface area contributed by atoms with E-state index in [9.17, 15) is 0 Å². The van der Waals surface area contributed by atoms with E-state index >= 15 is 0 Å². The number of nitrogens with two attached hydrogens (primary N) is 1. The molecule has 0 unspecified atom stereocenters. The summed E-state index contributed by atoms with van der Waals surface area (Å²) in [7, 11) is 2.16. The van der Waals surface area contributed by atoms with Crippen molar-refractivity contribution in [1.82, 2.24) is 4.90 Å². The van der Waals surface area contributed by atoms with Crippen molar-refractivity contribution in [2.45, 2.75) is 31.3 Å². The molecule has 78 valence electrons. The van der Waals surface area contributed by atoms with Gasteiger partial charge in [0.1, 0.15) is 0 Å². The first-order valence-electron chi connectivity index (χ1n) is 5.18. The van der Waals surface area contributed by atoms with Crippen LogP contribution in [0.15, 0.2) is 17.5 Å². The smallest absolute Gasteiger partial charge is 0.0325 e. The standard InChI is InChI=1S/C11H18N2S/c1-13(8-10-4-2-7-14-10)9-11(12)5-3-6-11/h2,4,7H,3,5-6,8-9,12H2,1H3. The Morgan fingerprint density at radius 2 is 2.36 bits per heavy atom. The third-order valence-corrected chi connectivity index (χ3v) is 3.80. The lowest BCUT2D eigenvalue weighted by molar-refractivity contribution is 0.162. The van der Waals surface area contributed by atoms with E-state index in [1.165, 1.54) is 24.1 Å². The molecule has 1 heterocycles. The minimum Gasteiger partial charge on any atom is -0.324 e. The van der Waals surface area contributed by atoms with Crippen LogP contribution in [0.1, 0.15) is 24.1 Å². The molecule has 1 saturated carbocycles. The summed E-state index contributed by atoms with van der Waals surface area (Å²) in [4.78, 5) is 3.76. The quantitative estimate of drug-likeness (QED) is 0.824. The Balaban J connectivity index is 1.81. The third-order valence-electron chi connectivity index (χ3n) is 2.94. The molecule has 0 saturated heterocycles. The van der Waals surface area contributed by atoms with Crippen molar-refractivity contribution in [1.29, 1.82) is 0 Å². The van der Waals surface area contributed by atoms with Gasteiger partial charge in [0.15, 0.2) is 0 Å². The molecule has 1 aromatic heterocycles. The number of nitrogens with zero attached hydrogens (tertiary/aromatic N) is 1. The van der Waals surface area contributed by atoms with Gasteiger partial charge in [0.2, 0.25) is 0 Å². The predicted molar refractivity (Wildman–Crippen MR) is 61.4 cm³/mol. The summed E-state index contributed by atoms with van der Waals surface area (Å²) in [5.74, 6) is 0. The Kier molecular flexibility index (Phi) is 2.91. The van der Waals surface area contributed by atoms with Crippen LogP contribution in [0, 0.1) is 0 Å². The lowest BCUT2D eigenvalue weighted by Crippen LogP contribution is -2.54. The van der Waals surface area contributed by atoms with Crippen LogP contribution in [0.25, 0.3) is 0 Å². The number of likely N-dealkylation sites (N-methyl/N-ethyl adjacent to an activating group) is 1. The second-order valence-electron chi connectivity index (χ2n) is 4.47. The van der Waals surface area contributed by atoms with E-state index in [0.717, 1.165) is 13.1 Å². The highest BCUT2D eigenvalue weighted by molar-refractivity contribution is 7.09. The van der Waals surface area contributed by atoms with Gasteiger partial charge in [0.25, 0.3) is 0 Å². The van der Waals surface area contributed by atoms with E-state index < -0.39 is 0 Å². The van der Waals surface area contributed by atoms with Gasteiger partial charge in [0, 0.05) is 23.5 Å². The van der Waals surface area contributed by atoms with E-state index in [2.05, 4.69) is 29.5 Å². The van der Waals surface area contributed by atoms with E-state index in [1.54, 1.807) is 0 Å². The van der Waals surface area contributed by atoms with Gasteiger partial charge in [-0.2, -0.15) is 0 Å². The summed E-state index contributed by atoms with van der Waals surface area (Å²) in [6.45, 7) is 2.07. The number of hydrogen-bond acceptors (Lipinski definition) is 3. The van der Waals surface area contributed by atoms with Crippen molar-refractivity contribution in [3.05, 3.63) is 22.4 Å². The molecular formula is C11H18N2S. The highest BCUT2D eigenvalue weighted by Crippen LogP contribution is 2.29. The Bertz CT molecular complexity index is 277. The minimum atomic E-state index is 0.117. The average molecular weight is 210 g/mol. The van der Waals surface area contributed by atoms with Gasteiger partial charge >= 0.3 is 0 Å². The monoisotopic (exact) mass is 210 g/mol. The third kappa shape index (κ3) is 2.35. The molecule has 2 rings (SSSR count). The molecule has 0 bridgehead atoms. The zero-order chi connectivity index (χ0) is 10.0. The molecule has 14 heavy (non-hydrogen) atoms. The largest absolute Gasteiger partial charge is 0.324 e. The lowest BCUT2D eigenvalue weighted by Gasteiger charge is -2.40. The molecule has 3 heteroatoms. The van der Waals surface area contributed by atoms with Crippen molar-refractivity contribution >= 4 is 11.3 Å². The van der Waals surface area contributed by atoms with Crippen LogP contribution in [0.4, 0.5) is 0 Å². The molecule has 0 radical (unpaired) electrons. The van der Waals surface area contributed by atoms with E-state index in [1.807, 2.05) is 11.3 Å². The fourth-order valence-corrected chi connectivity index (χ4v) is 2.84. The van der Waals surface area contributed by atoms with Crippen LogP contribution in [-0.2, 0) is 6.54 Å². The molecule has 1 fully saturated rings. The topological polar surface area (TPSA) is 29.3 Å². The van der Waals surface area contributed by atoms with Gasteiger partial charge in [0.05, 0.1) is 0 Å². The summed E-state index contributed by atoms with van der Waals surface area (Å²) >= 11 is 1.82. The summed E-state index contributed by atoms with van der Waals surface area (Å²) in [6, 6.07) is 4.29. The van der Waals surface area contributed by atoms with Gasteiger partial charge in [-0.15, -0.1) is 11.3 Å². The van der Waals surface area contributed by atoms with E-state index in [4.69, 9.17) is 5.73 Å². The highest BCUT2D eigenvalue weighted by atomic mass is 32.1. The lowest BCUT2D eigenvalue weighted by atomic mass is 9.77. The molecular weight excluding hydrogens is 192 g/mol. The maximum absolute atomic E-state index is 6.19. The van der Waals surface area contributed by atoms with Crippen molar-refractivity contribution < 1.29 is 0 Å². The van der Waals surface area contributed by atoms with Crippen molar-refractivity contribution in [3.8, 4) is 0 Å². The van der Waals surface area contributed by atoms with Crippen molar-refractivity contribution in [3.63, 3.8) is 0 Å². The minimum absolute atomic E-state index is 0.117. The van der Waals surface area contributed by atoms with E-state index in [0.29, 0.717) is 0 Å². The molecule has 1 aliphatic rings. The van der Waals surface area contributed by atoms with Crippen molar-refractivity contribution in [2.75, 3.05) is 13.6 Å². The molecule has 0 spiro atoms. The van der Waals surface area contributed by atoms with Gasteiger partial charge in [-0.1, -0.05) is 6.07 Å². The average Bonchev–Trinajstić information content (AvgIpc) is 2.53. The van der Waals surface area contributed by atoms with Crippen LogP contribution >= 0.6 is 11.3 Å². The molecule has 1 aliphatic carbocycles. The molecule has 2 nitrogen and oxygen atoms in total. The SMILES string of the molecule is CN(Cc1cccs1)CC1(N)CCC1. The predicted octanol–water partition coefficient (Wildman–Crippen LogP) is 2.06. The summed E-state index contributed by atoms with van der Waals surface area (Å²) in [6.07, 6.45) is 3.70. The normalized spacial score (nSPS) is 19.6. The number of rotatable bonds is 4. The maximum Gasteiger partial charge on any atom is 0.0325 e.